The van der Waals surface area contributed by atoms with E-state index in [0.717, 1.165) is 17.9 Å². The number of benzene rings is 1. The van der Waals surface area contributed by atoms with Crippen LogP contribution in [-0.2, 0) is 6.54 Å². The highest BCUT2D eigenvalue weighted by Gasteiger charge is 2.30. The van der Waals surface area contributed by atoms with Gasteiger partial charge in [0.25, 0.3) is 0 Å². The van der Waals surface area contributed by atoms with Crippen LogP contribution in [0.1, 0.15) is 31.5 Å². The maximum Gasteiger partial charge on any atom is 0.131 e. The zero-order valence-electron chi connectivity index (χ0n) is 10.4. The predicted molar refractivity (Wildman–Crippen MR) is 69.7 cm³/mol. The molecule has 2 N–H and O–H groups in total. The number of nitrogen functional groups attached to an aromatic ring is 1. The largest absolute Gasteiger partial charge is 0.383 e. The molecule has 3 nitrogen and oxygen atoms in total. The molecule has 3 rings (SSSR count). The lowest BCUT2D eigenvalue weighted by atomic mass is 10.1. The summed E-state index contributed by atoms with van der Waals surface area (Å²) in [7, 11) is 0. The van der Waals surface area contributed by atoms with Gasteiger partial charge in [0.1, 0.15) is 23.2 Å². The van der Waals surface area contributed by atoms with E-state index in [1.54, 1.807) is 6.07 Å². The minimum atomic E-state index is -0.258. The van der Waals surface area contributed by atoms with E-state index in [2.05, 4.69) is 11.9 Å². The SMILES string of the molecule is CCn1c(C2CC2)nc(-c2cccc(F)c2)c1N. The van der Waals surface area contributed by atoms with Crippen molar-refractivity contribution in [1.82, 2.24) is 9.55 Å². The van der Waals surface area contributed by atoms with E-state index in [1.165, 1.54) is 25.0 Å². The highest BCUT2D eigenvalue weighted by molar-refractivity contribution is 5.71. The van der Waals surface area contributed by atoms with Gasteiger partial charge in [-0.1, -0.05) is 12.1 Å². The third kappa shape index (κ3) is 1.78. The fraction of sp³-hybridized carbons (Fsp3) is 0.357. The zero-order valence-corrected chi connectivity index (χ0v) is 10.4. The molecule has 0 bridgehead atoms. The summed E-state index contributed by atoms with van der Waals surface area (Å²) in [6, 6.07) is 6.44. The smallest absolute Gasteiger partial charge is 0.131 e. The van der Waals surface area contributed by atoms with Gasteiger partial charge in [-0.3, -0.25) is 0 Å². The Hall–Kier alpha value is -1.84. The number of nitrogens with zero attached hydrogens (tertiary/aromatic N) is 2. The molecule has 1 aromatic carbocycles. The molecule has 1 saturated carbocycles. The van der Waals surface area contributed by atoms with Crippen molar-refractivity contribution in [2.75, 3.05) is 5.73 Å². The number of halogens is 1. The van der Waals surface area contributed by atoms with Crippen LogP contribution in [-0.4, -0.2) is 9.55 Å². The Labute approximate surface area is 105 Å². The van der Waals surface area contributed by atoms with Crippen LogP contribution in [0.15, 0.2) is 24.3 Å². The van der Waals surface area contributed by atoms with Crippen molar-refractivity contribution in [3.05, 3.63) is 35.9 Å². The summed E-state index contributed by atoms with van der Waals surface area (Å²) in [5, 5.41) is 0. The van der Waals surface area contributed by atoms with Gasteiger partial charge < -0.3 is 10.3 Å². The maximum absolute atomic E-state index is 13.3. The van der Waals surface area contributed by atoms with E-state index in [0.29, 0.717) is 17.4 Å². The molecule has 0 spiro atoms. The Bertz CT molecular complexity index is 585. The second-order valence-corrected chi connectivity index (χ2v) is 4.73. The molecule has 2 aromatic rings. The second kappa shape index (κ2) is 4.12. The van der Waals surface area contributed by atoms with Gasteiger partial charge >= 0.3 is 0 Å². The first-order valence-corrected chi connectivity index (χ1v) is 6.32. The summed E-state index contributed by atoms with van der Waals surface area (Å²) in [4.78, 5) is 4.63. The zero-order chi connectivity index (χ0) is 12.7. The summed E-state index contributed by atoms with van der Waals surface area (Å²) in [5.41, 5.74) is 7.60. The summed E-state index contributed by atoms with van der Waals surface area (Å²) < 4.78 is 15.3. The van der Waals surface area contributed by atoms with Crippen LogP contribution >= 0.6 is 0 Å². The van der Waals surface area contributed by atoms with Crippen molar-refractivity contribution in [2.24, 2.45) is 0 Å². The van der Waals surface area contributed by atoms with E-state index in [-0.39, 0.29) is 5.82 Å². The molecular formula is C14H16FN3. The Balaban J connectivity index is 2.12. The number of rotatable bonds is 3. The molecule has 0 radical (unpaired) electrons. The van der Waals surface area contributed by atoms with Gasteiger partial charge in [0.2, 0.25) is 0 Å². The maximum atomic E-state index is 13.3. The Kier molecular flexibility index (Phi) is 2.58. The topological polar surface area (TPSA) is 43.8 Å². The minimum absolute atomic E-state index is 0.258. The van der Waals surface area contributed by atoms with Gasteiger partial charge in [0.05, 0.1) is 0 Å². The van der Waals surface area contributed by atoms with Gasteiger partial charge in [-0.25, -0.2) is 9.37 Å². The Morgan fingerprint density at radius 3 is 2.83 bits per heavy atom. The van der Waals surface area contributed by atoms with E-state index in [1.807, 2.05) is 10.6 Å². The molecule has 94 valence electrons. The lowest BCUT2D eigenvalue weighted by Crippen LogP contribution is -2.04. The van der Waals surface area contributed by atoms with Crippen LogP contribution in [0.3, 0.4) is 0 Å². The minimum Gasteiger partial charge on any atom is -0.383 e. The predicted octanol–water partition coefficient (Wildman–Crippen LogP) is 3.17. The summed E-state index contributed by atoms with van der Waals surface area (Å²) in [6.07, 6.45) is 2.36. The van der Waals surface area contributed by atoms with Gasteiger partial charge in [0.15, 0.2) is 0 Å². The molecule has 18 heavy (non-hydrogen) atoms. The van der Waals surface area contributed by atoms with Crippen LogP contribution in [0.2, 0.25) is 0 Å². The van der Waals surface area contributed by atoms with E-state index >= 15 is 0 Å². The Morgan fingerprint density at radius 2 is 2.22 bits per heavy atom. The molecule has 1 aliphatic carbocycles. The molecule has 0 saturated heterocycles. The molecule has 0 atom stereocenters. The standard InChI is InChI=1S/C14H16FN3/c1-2-18-13(16)12(17-14(18)9-6-7-9)10-4-3-5-11(15)8-10/h3-5,8-9H,2,6-7,16H2,1H3. The molecule has 1 heterocycles. The monoisotopic (exact) mass is 245 g/mol. The van der Waals surface area contributed by atoms with Gasteiger partial charge in [0, 0.05) is 18.0 Å². The number of hydrogen-bond donors (Lipinski definition) is 1. The van der Waals surface area contributed by atoms with E-state index < -0.39 is 0 Å². The number of anilines is 1. The highest BCUT2D eigenvalue weighted by Crippen LogP contribution is 2.42. The number of nitrogens with two attached hydrogens (primary N) is 1. The molecule has 1 fully saturated rings. The molecule has 1 aliphatic rings. The lowest BCUT2D eigenvalue weighted by Gasteiger charge is -2.05. The first kappa shape index (κ1) is 11.3. The number of hydrogen-bond acceptors (Lipinski definition) is 2. The number of imidazole rings is 1. The summed E-state index contributed by atoms with van der Waals surface area (Å²) in [5.74, 6) is 1.97. The first-order chi connectivity index (χ1) is 8.70. The van der Waals surface area contributed by atoms with Gasteiger partial charge in [-0.2, -0.15) is 0 Å². The summed E-state index contributed by atoms with van der Waals surface area (Å²) in [6.45, 7) is 2.86. The van der Waals surface area contributed by atoms with Crippen LogP contribution in [0.4, 0.5) is 10.2 Å². The van der Waals surface area contributed by atoms with Crippen molar-refractivity contribution < 1.29 is 4.39 Å². The molecule has 0 aliphatic heterocycles. The van der Waals surface area contributed by atoms with Crippen molar-refractivity contribution >= 4 is 5.82 Å². The second-order valence-electron chi connectivity index (χ2n) is 4.73. The highest BCUT2D eigenvalue weighted by atomic mass is 19.1. The number of aromatic nitrogens is 2. The lowest BCUT2D eigenvalue weighted by molar-refractivity contribution is 0.628. The average Bonchev–Trinajstić information content (AvgIpc) is 3.13. The third-order valence-corrected chi connectivity index (χ3v) is 3.39. The molecular weight excluding hydrogens is 229 g/mol. The van der Waals surface area contributed by atoms with Crippen molar-refractivity contribution in [1.29, 1.82) is 0 Å². The van der Waals surface area contributed by atoms with Gasteiger partial charge in [-0.05, 0) is 31.9 Å². The summed E-state index contributed by atoms with van der Waals surface area (Å²) >= 11 is 0. The van der Waals surface area contributed by atoms with Crippen molar-refractivity contribution in [2.45, 2.75) is 32.2 Å². The van der Waals surface area contributed by atoms with Crippen molar-refractivity contribution in [3.8, 4) is 11.3 Å². The van der Waals surface area contributed by atoms with E-state index in [4.69, 9.17) is 5.73 Å². The molecule has 0 amide bonds. The Morgan fingerprint density at radius 1 is 1.44 bits per heavy atom. The normalized spacial score (nSPS) is 15.0. The molecule has 4 heteroatoms. The third-order valence-electron chi connectivity index (χ3n) is 3.39. The van der Waals surface area contributed by atoms with Gasteiger partial charge in [-0.15, -0.1) is 0 Å². The van der Waals surface area contributed by atoms with Crippen LogP contribution < -0.4 is 5.73 Å². The van der Waals surface area contributed by atoms with Crippen LogP contribution in [0, 0.1) is 5.82 Å². The fourth-order valence-corrected chi connectivity index (χ4v) is 2.32. The quantitative estimate of drug-likeness (QED) is 0.902. The van der Waals surface area contributed by atoms with E-state index in [9.17, 15) is 4.39 Å². The molecule has 0 unspecified atom stereocenters. The fourth-order valence-electron chi connectivity index (χ4n) is 2.32. The first-order valence-electron chi connectivity index (χ1n) is 6.32. The van der Waals surface area contributed by atoms with Crippen molar-refractivity contribution in [3.63, 3.8) is 0 Å². The average molecular weight is 245 g/mol. The van der Waals surface area contributed by atoms with Crippen LogP contribution in [0.25, 0.3) is 11.3 Å². The van der Waals surface area contributed by atoms with Crippen LogP contribution in [0.5, 0.6) is 0 Å². The molecule has 1 aromatic heterocycles.